The number of carbonyl (C=O) groups excluding carboxylic acids is 3. The second-order valence-electron chi connectivity index (χ2n) is 10.1. The van der Waals surface area contributed by atoms with Gasteiger partial charge in [0.1, 0.15) is 30.3 Å². The zero-order valence-electron chi connectivity index (χ0n) is 23.4. The third-order valence-electron chi connectivity index (χ3n) is 7.13. The number of imide groups is 2. The van der Waals surface area contributed by atoms with Crippen molar-refractivity contribution in [1.82, 2.24) is 5.32 Å². The molecular weight excluding hydrogens is 635 g/mol. The number of barbiturate groups is 1. The first-order valence-corrected chi connectivity index (χ1v) is 14.9. The monoisotopic (exact) mass is 656 g/mol. The minimum Gasteiger partial charge on any atom is -0.489 e. The van der Waals surface area contributed by atoms with Gasteiger partial charge in [-0.2, -0.15) is 0 Å². The molecule has 0 saturated carbocycles. The molecule has 10 heteroatoms. The molecule has 0 spiro atoms. The van der Waals surface area contributed by atoms with Crippen molar-refractivity contribution in [3.8, 4) is 11.5 Å². The lowest BCUT2D eigenvalue weighted by atomic mass is 9.99. The molecule has 5 aromatic rings. The molecule has 0 aliphatic carbocycles. The van der Waals surface area contributed by atoms with E-state index in [0.717, 1.165) is 21.2 Å². The number of carbonyl (C=O) groups is 3. The lowest BCUT2D eigenvalue weighted by Crippen LogP contribution is -2.54. The van der Waals surface area contributed by atoms with Crippen molar-refractivity contribution in [1.29, 1.82) is 0 Å². The van der Waals surface area contributed by atoms with Crippen LogP contribution in [0.3, 0.4) is 0 Å². The van der Waals surface area contributed by atoms with E-state index in [1.165, 1.54) is 6.08 Å². The van der Waals surface area contributed by atoms with E-state index in [9.17, 15) is 14.4 Å². The second kappa shape index (κ2) is 13.0. The topological polar surface area (TPSA) is 84.9 Å². The predicted octanol–water partition coefficient (Wildman–Crippen LogP) is 8.62. The van der Waals surface area contributed by atoms with Crippen LogP contribution in [0.2, 0.25) is 15.1 Å². The van der Waals surface area contributed by atoms with Crippen LogP contribution < -0.4 is 19.7 Å². The number of anilines is 1. The van der Waals surface area contributed by atoms with Gasteiger partial charge in [0.25, 0.3) is 11.8 Å². The molecule has 45 heavy (non-hydrogen) atoms. The molecule has 0 atom stereocenters. The number of amides is 4. The van der Waals surface area contributed by atoms with Gasteiger partial charge in [-0.15, -0.1) is 0 Å². The molecule has 4 amide bonds. The van der Waals surface area contributed by atoms with Crippen molar-refractivity contribution in [2.45, 2.75) is 13.2 Å². The first kappa shape index (κ1) is 30.2. The van der Waals surface area contributed by atoms with Gasteiger partial charge in [-0.05, 0) is 77.0 Å². The van der Waals surface area contributed by atoms with Gasteiger partial charge in [0.2, 0.25) is 0 Å². The van der Waals surface area contributed by atoms with Gasteiger partial charge in [-0.3, -0.25) is 14.9 Å². The first-order valence-electron chi connectivity index (χ1n) is 13.7. The molecule has 1 aliphatic heterocycles. The van der Waals surface area contributed by atoms with Gasteiger partial charge in [0.15, 0.2) is 0 Å². The highest BCUT2D eigenvalue weighted by Gasteiger charge is 2.37. The SMILES string of the molecule is O=C1NC(=O)N(c2ccc(OCc3ccc(Cl)cc3)cc2)C(=O)/C1=C/c1c(OCc2ccc(Cl)cc2Cl)ccc2ccccc12. The van der Waals surface area contributed by atoms with Crippen molar-refractivity contribution in [3.63, 3.8) is 0 Å². The highest BCUT2D eigenvalue weighted by Crippen LogP contribution is 2.33. The number of urea groups is 1. The number of rotatable bonds is 8. The number of ether oxygens (including phenoxy) is 2. The summed E-state index contributed by atoms with van der Waals surface area (Å²) in [4.78, 5) is 40.6. The summed E-state index contributed by atoms with van der Waals surface area (Å²) in [6.07, 6.45) is 1.45. The molecule has 1 heterocycles. The Bertz CT molecular complexity index is 1970. The molecule has 5 aromatic carbocycles. The highest BCUT2D eigenvalue weighted by atomic mass is 35.5. The number of halogens is 3. The van der Waals surface area contributed by atoms with Crippen molar-refractivity contribution in [3.05, 3.63) is 140 Å². The zero-order chi connectivity index (χ0) is 31.5. The van der Waals surface area contributed by atoms with Crippen LogP contribution in [0.15, 0.2) is 109 Å². The molecule has 1 N–H and O–H groups in total. The molecular formula is C35H23Cl3N2O5. The molecule has 7 nitrogen and oxygen atoms in total. The Morgan fingerprint density at radius 2 is 1.47 bits per heavy atom. The Kier molecular flexibility index (Phi) is 8.76. The van der Waals surface area contributed by atoms with Crippen LogP contribution in [-0.2, 0) is 22.8 Å². The average Bonchev–Trinajstić information content (AvgIpc) is 3.03. The minimum absolute atomic E-state index is 0.113. The summed E-state index contributed by atoms with van der Waals surface area (Å²) < 4.78 is 12.0. The Morgan fingerprint density at radius 3 is 2.22 bits per heavy atom. The van der Waals surface area contributed by atoms with Gasteiger partial charge < -0.3 is 9.47 Å². The van der Waals surface area contributed by atoms with E-state index in [2.05, 4.69) is 5.32 Å². The molecule has 0 bridgehead atoms. The van der Waals surface area contributed by atoms with Crippen LogP contribution in [0, 0.1) is 0 Å². The third kappa shape index (κ3) is 6.66. The van der Waals surface area contributed by atoms with Crippen LogP contribution in [0.1, 0.15) is 16.7 Å². The maximum absolute atomic E-state index is 13.7. The molecule has 0 aromatic heterocycles. The lowest BCUT2D eigenvalue weighted by molar-refractivity contribution is -0.122. The molecule has 0 radical (unpaired) electrons. The van der Waals surface area contributed by atoms with E-state index in [0.29, 0.717) is 44.3 Å². The van der Waals surface area contributed by atoms with E-state index in [4.69, 9.17) is 44.3 Å². The van der Waals surface area contributed by atoms with Gasteiger partial charge in [0.05, 0.1) is 5.69 Å². The number of nitrogens with zero attached hydrogens (tertiary/aromatic N) is 1. The van der Waals surface area contributed by atoms with E-state index in [1.54, 1.807) is 60.7 Å². The smallest absolute Gasteiger partial charge is 0.335 e. The molecule has 1 fully saturated rings. The molecule has 0 unspecified atom stereocenters. The van der Waals surface area contributed by atoms with Crippen molar-refractivity contribution >= 4 is 75.2 Å². The molecule has 224 valence electrons. The van der Waals surface area contributed by atoms with Gasteiger partial charge in [-0.1, -0.05) is 83.3 Å². The molecule has 1 aliphatic rings. The highest BCUT2D eigenvalue weighted by molar-refractivity contribution is 6.39. The molecule has 6 rings (SSSR count). The molecule has 1 saturated heterocycles. The van der Waals surface area contributed by atoms with E-state index >= 15 is 0 Å². The van der Waals surface area contributed by atoms with Gasteiger partial charge >= 0.3 is 6.03 Å². The Hall–Kier alpha value is -4.82. The van der Waals surface area contributed by atoms with Gasteiger partial charge in [-0.25, -0.2) is 9.69 Å². The quantitative estimate of drug-likeness (QED) is 0.133. The van der Waals surface area contributed by atoms with Crippen LogP contribution >= 0.6 is 34.8 Å². The zero-order valence-corrected chi connectivity index (χ0v) is 25.7. The fourth-order valence-corrected chi connectivity index (χ4v) is 5.41. The number of benzene rings is 5. The van der Waals surface area contributed by atoms with Crippen LogP contribution in [0.4, 0.5) is 10.5 Å². The summed E-state index contributed by atoms with van der Waals surface area (Å²) in [6, 6.07) is 29.1. The Morgan fingerprint density at radius 1 is 0.733 bits per heavy atom. The van der Waals surface area contributed by atoms with E-state index in [1.807, 2.05) is 42.5 Å². The summed E-state index contributed by atoms with van der Waals surface area (Å²) in [6.45, 7) is 0.419. The summed E-state index contributed by atoms with van der Waals surface area (Å²) in [5.41, 5.74) is 2.16. The lowest BCUT2D eigenvalue weighted by Gasteiger charge is -2.26. The summed E-state index contributed by atoms with van der Waals surface area (Å²) >= 11 is 18.3. The maximum atomic E-state index is 13.7. The number of nitrogens with one attached hydrogen (secondary N) is 1. The Balaban J connectivity index is 1.29. The van der Waals surface area contributed by atoms with E-state index < -0.39 is 17.8 Å². The van der Waals surface area contributed by atoms with Crippen LogP contribution in [0.25, 0.3) is 16.8 Å². The summed E-state index contributed by atoms with van der Waals surface area (Å²) in [7, 11) is 0. The summed E-state index contributed by atoms with van der Waals surface area (Å²) in [5.74, 6) is -0.649. The average molecular weight is 658 g/mol. The van der Waals surface area contributed by atoms with Crippen molar-refractivity contribution in [2.75, 3.05) is 4.90 Å². The normalized spacial score (nSPS) is 14.2. The fourth-order valence-electron chi connectivity index (χ4n) is 4.82. The number of hydrogen-bond acceptors (Lipinski definition) is 5. The standard InChI is InChI=1S/C35H23Cl3N2O5/c36-24-9-5-21(6-10-24)19-44-27-14-12-26(13-15-27)40-34(42)30(33(41)39-35(40)43)18-29-28-4-2-1-3-22(28)8-16-32(29)45-20-23-7-11-25(37)17-31(23)38/h1-18H,19-20H2,(H,39,41,43)/b30-18+. The second-order valence-corrected chi connectivity index (χ2v) is 11.4. The van der Waals surface area contributed by atoms with E-state index in [-0.39, 0.29) is 17.9 Å². The first-order chi connectivity index (χ1) is 21.8. The van der Waals surface area contributed by atoms with Crippen molar-refractivity contribution in [2.24, 2.45) is 0 Å². The van der Waals surface area contributed by atoms with Crippen molar-refractivity contribution < 1.29 is 23.9 Å². The third-order valence-corrected chi connectivity index (χ3v) is 7.97. The summed E-state index contributed by atoms with van der Waals surface area (Å²) in [5, 5.41) is 5.47. The predicted molar refractivity (Wildman–Crippen MR) is 176 cm³/mol. The number of hydrogen-bond donors (Lipinski definition) is 1. The largest absolute Gasteiger partial charge is 0.489 e. The Labute approximate surface area is 273 Å². The maximum Gasteiger partial charge on any atom is 0.335 e. The van der Waals surface area contributed by atoms with Gasteiger partial charge in [0, 0.05) is 26.2 Å². The fraction of sp³-hybridized carbons (Fsp3) is 0.0571. The minimum atomic E-state index is -0.858. The van der Waals surface area contributed by atoms with Crippen LogP contribution in [0.5, 0.6) is 11.5 Å². The number of fused-ring (bicyclic) bond motifs is 1. The van der Waals surface area contributed by atoms with Crippen LogP contribution in [-0.4, -0.2) is 17.8 Å².